The molecule has 1 N–H and O–H groups in total. The molecule has 1 atom stereocenters. The van der Waals surface area contributed by atoms with E-state index in [-0.39, 0.29) is 17.9 Å². The van der Waals surface area contributed by atoms with E-state index in [4.69, 9.17) is 0 Å². The maximum atomic E-state index is 12.4. The fourth-order valence-corrected chi connectivity index (χ4v) is 3.10. The summed E-state index contributed by atoms with van der Waals surface area (Å²) in [4.78, 5) is 27.9. The molecule has 1 heterocycles. The van der Waals surface area contributed by atoms with Crippen molar-refractivity contribution in [1.82, 2.24) is 15.1 Å². The van der Waals surface area contributed by atoms with E-state index in [9.17, 15) is 9.59 Å². The number of carbonyl (C=O) groups is 2. The van der Waals surface area contributed by atoms with Crippen molar-refractivity contribution in [2.24, 2.45) is 5.92 Å². The predicted octanol–water partition coefficient (Wildman–Crippen LogP) is 0.455. The molecule has 0 bridgehead atoms. The van der Waals surface area contributed by atoms with Crippen molar-refractivity contribution < 1.29 is 9.59 Å². The van der Waals surface area contributed by atoms with Crippen LogP contribution >= 0.6 is 0 Å². The summed E-state index contributed by atoms with van der Waals surface area (Å²) in [6, 6.07) is -0.322. The Kier molecular flexibility index (Phi) is 4.80. The van der Waals surface area contributed by atoms with Gasteiger partial charge in [0.25, 0.3) is 0 Å². The van der Waals surface area contributed by atoms with Crippen LogP contribution in [0.15, 0.2) is 0 Å². The monoisotopic (exact) mass is 267 g/mol. The minimum absolute atomic E-state index is 0.0203. The van der Waals surface area contributed by atoms with Crippen molar-refractivity contribution in [2.75, 3.05) is 33.7 Å². The molecule has 0 aromatic heterocycles. The lowest BCUT2D eigenvalue weighted by molar-refractivity contribution is -0.146. The minimum Gasteiger partial charge on any atom is -0.347 e. The molecule has 1 saturated carbocycles. The van der Waals surface area contributed by atoms with Gasteiger partial charge in [0.2, 0.25) is 11.8 Å². The minimum atomic E-state index is -0.322. The molecule has 1 aliphatic carbocycles. The molecule has 2 amide bonds. The first-order chi connectivity index (χ1) is 9.09. The zero-order valence-corrected chi connectivity index (χ0v) is 12.0. The van der Waals surface area contributed by atoms with Crippen molar-refractivity contribution in [2.45, 2.75) is 38.1 Å². The molecule has 1 unspecified atom stereocenters. The van der Waals surface area contributed by atoms with E-state index in [2.05, 4.69) is 5.32 Å². The van der Waals surface area contributed by atoms with E-state index < -0.39 is 0 Å². The Morgan fingerprint density at radius 2 is 1.95 bits per heavy atom. The molecule has 19 heavy (non-hydrogen) atoms. The van der Waals surface area contributed by atoms with Crippen molar-refractivity contribution in [3.8, 4) is 0 Å². The van der Waals surface area contributed by atoms with Crippen LogP contribution in [-0.4, -0.2) is 61.4 Å². The average Bonchev–Trinajstić information content (AvgIpc) is 2.90. The second-order valence-corrected chi connectivity index (χ2v) is 5.89. The Hall–Kier alpha value is -1.10. The highest BCUT2D eigenvalue weighted by Crippen LogP contribution is 2.28. The van der Waals surface area contributed by atoms with Crippen molar-refractivity contribution in [3.05, 3.63) is 0 Å². The third-order valence-electron chi connectivity index (χ3n) is 4.23. The number of likely N-dealkylation sites (N-methyl/N-ethyl adjacent to an activating group) is 1. The number of hydrogen-bond donors (Lipinski definition) is 1. The fourth-order valence-electron chi connectivity index (χ4n) is 3.10. The van der Waals surface area contributed by atoms with E-state index >= 15 is 0 Å². The first-order valence-corrected chi connectivity index (χ1v) is 7.31. The van der Waals surface area contributed by atoms with E-state index in [0.717, 1.165) is 6.54 Å². The molecular formula is C14H25N3O2. The van der Waals surface area contributed by atoms with Crippen LogP contribution in [0.1, 0.15) is 32.1 Å². The molecule has 0 radical (unpaired) electrons. The van der Waals surface area contributed by atoms with Crippen LogP contribution in [0, 0.1) is 5.92 Å². The predicted molar refractivity (Wildman–Crippen MR) is 73.6 cm³/mol. The number of nitrogens with one attached hydrogen (secondary N) is 1. The Bertz CT molecular complexity index is 338. The van der Waals surface area contributed by atoms with Crippen LogP contribution in [0.2, 0.25) is 0 Å². The molecule has 0 aromatic rings. The molecule has 1 saturated heterocycles. The third-order valence-corrected chi connectivity index (χ3v) is 4.23. The van der Waals surface area contributed by atoms with E-state index in [1.807, 2.05) is 0 Å². The van der Waals surface area contributed by atoms with Gasteiger partial charge >= 0.3 is 0 Å². The van der Waals surface area contributed by atoms with Gasteiger partial charge in [0.15, 0.2) is 0 Å². The Morgan fingerprint density at radius 3 is 2.58 bits per heavy atom. The molecule has 5 nitrogen and oxygen atoms in total. The van der Waals surface area contributed by atoms with Crippen LogP contribution < -0.4 is 5.32 Å². The topological polar surface area (TPSA) is 52.7 Å². The largest absolute Gasteiger partial charge is 0.347 e. The fraction of sp³-hybridized carbons (Fsp3) is 0.857. The van der Waals surface area contributed by atoms with Crippen molar-refractivity contribution >= 4 is 11.8 Å². The lowest BCUT2D eigenvalue weighted by atomic mass is 10.0. The lowest BCUT2D eigenvalue weighted by Gasteiger charge is -2.37. The molecule has 2 fully saturated rings. The quantitative estimate of drug-likeness (QED) is 0.808. The van der Waals surface area contributed by atoms with Gasteiger partial charge in [0.1, 0.15) is 6.04 Å². The van der Waals surface area contributed by atoms with Crippen molar-refractivity contribution in [1.29, 1.82) is 0 Å². The van der Waals surface area contributed by atoms with Crippen LogP contribution in [0.5, 0.6) is 0 Å². The van der Waals surface area contributed by atoms with Crippen molar-refractivity contribution in [3.63, 3.8) is 0 Å². The summed E-state index contributed by atoms with van der Waals surface area (Å²) < 4.78 is 0. The summed E-state index contributed by atoms with van der Waals surface area (Å²) in [7, 11) is 3.49. The van der Waals surface area contributed by atoms with Gasteiger partial charge in [0, 0.05) is 40.2 Å². The maximum Gasteiger partial charge on any atom is 0.246 e. The summed E-state index contributed by atoms with van der Waals surface area (Å²) >= 11 is 0. The lowest BCUT2D eigenvalue weighted by Crippen LogP contribution is -2.59. The zero-order valence-electron chi connectivity index (χ0n) is 12.0. The van der Waals surface area contributed by atoms with Gasteiger partial charge in [-0.05, 0) is 18.8 Å². The number of nitrogens with zero attached hydrogens (tertiary/aromatic N) is 2. The second kappa shape index (κ2) is 6.37. The number of carbonyl (C=O) groups excluding carboxylic acids is 2. The molecule has 0 spiro atoms. The van der Waals surface area contributed by atoms with Gasteiger partial charge in [-0.3, -0.25) is 9.59 Å². The third kappa shape index (κ3) is 3.47. The van der Waals surface area contributed by atoms with Gasteiger partial charge in [-0.2, -0.15) is 0 Å². The molecule has 108 valence electrons. The highest BCUT2D eigenvalue weighted by molar-refractivity contribution is 5.88. The van der Waals surface area contributed by atoms with Gasteiger partial charge in [-0.15, -0.1) is 0 Å². The normalized spacial score (nSPS) is 24.5. The number of amides is 2. The summed E-state index contributed by atoms with van der Waals surface area (Å²) in [5.41, 5.74) is 0. The van der Waals surface area contributed by atoms with Crippen LogP contribution in [0.4, 0.5) is 0 Å². The number of hydrogen-bond acceptors (Lipinski definition) is 3. The van der Waals surface area contributed by atoms with E-state index in [1.165, 1.54) is 25.7 Å². The Balaban J connectivity index is 1.97. The molecule has 1 aliphatic heterocycles. The smallest absolute Gasteiger partial charge is 0.246 e. The van der Waals surface area contributed by atoms with Crippen LogP contribution in [0.25, 0.3) is 0 Å². The summed E-state index contributed by atoms with van der Waals surface area (Å²) in [6.45, 7) is 2.01. The molecule has 2 rings (SSSR count). The highest BCUT2D eigenvalue weighted by Gasteiger charge is 2.33. The standard InChI is InChI=1S/C14H25N3O2/c1-16(2)14(19)12-10-15-7-8-17(12)13(18)9-11-5-3-4-6-11/h11-12,15H,3-10H2,1-2H3. The first kappa shape index (κ1) is 14.3. The number of rotatable bonds is 3. The summed E-state index contributed by atoms with van der Waals surface area (Å²) in [5.74, 6) is 0.720. The van der Waals surface area contributed by atoms with Gasteiger partial charge in [-0.25, -0.2) is 0 Å². The second-order valence-electron chi connectivity index (χ2n) is 5.89. The average molecular weight is 267 g/mol. The summed E-state index contributed by atoms with van der Waals surface area (Å²) in [5, 5.41) is 3.21. The summed E-state index contributed by atoms with van der Waals surface area (Å²) in [6.07, 6.45) is 5.46. The number of piperazine rings is 1. The first-order valence-electron chi connectivity index (χ1n) is 7.31. The molecule has 0 aromatic carbocycles. The van der Waals surface area contributed by atoms with Gasteiger partial charge in [0.05, 0.1) is 0 Å². The van der Waals surface area contributed by atoms with Gasteiger partial charge in [-0.1, -0.05) is 12.8 Å². The van der Waals surface area contributed by atoms with Gasteiger partial charge < -0.3 is 15.1 Å². The SMILES string of the molecule is CN(C)C(=O)C1CNCCN1C(=O)CC1CCCC1. The van der Waals surface area contributed by atoms with E-state index in [0.29, 0.717) is 25.4 Å². The Morgan fingerprint density at radius 1 is 1.26 bits per heavy atom. The molecule has 5 heteroatoms. The molecular weight excluding hydrogens is 242 g/mol. The van der Waals surface area contributed by atoms with E-state index in [1.54, 1.807) is 23.9 Å². The highest BCUT2D eigenvalue weighted by atomic mass is 16.2. The molecule has 2 aliphatic rings. The van der Waals surface area contributed by atoms with Crippen LogP contribution in [-0.2, 0) is 9.59 Å². The van der Waals surface area contributed by atoms with Crippen LogP contribution in [0.3, 0.4) is 0 Å². The Labute approximate surface area is 115 Å². The maximum absolute atomic E-state index is 12.4. The zero-order chi connectivity index (χ0) is 13.8.